The van der Waals surface area contributed by atoms with E-state index in [9.17, 15) is 55.3 Å². The Morgan fingerprint density at radius 1 is 0.279 bits per heavy atom. The molecular formula is C70H30F6N10. The van der Waals surface area contributed by atoms with Gasteiger partial charge in [-0.2, -0.15) is 68.4 Å². The fraction of sp³-hybridized carbons (Fsp3) is 0.0286. The Balaban J connectivity index is 1.24. The Labute approximate surface area is 484 Å². The van der Waals surface area contributed by atoms with Gasteiger partial charge in [-0.05, 0) is 177 Å². The zero-order valence-electron chi connectivity index (χ0n) is 44.1. The van der Waals surface area contributed by atoms with Crippen LogP contribution in [-0.2, 0) is 12.4 Å². The summed E-state index contributed by atoms with van der Waals surface area (Å²) >= 11 is 0. The van der Waals surface area contributed by atoms with E-state index in [2.05, 4.69) is 24.3 Å². The predicted octanol–water partition coefficient (Wildman–Crippen LogP) is 17.2. The van der Waals surface area contributed by atoms with Crippen LogP contribution in [0.3, 0.4) is 0 Å². The van der Waals surface area contributed by atoms with Crippen LogP contribution in [0.5, 0.6) is 0 Å². The van der Waals surface area contributed by atoms with E-state index in [0.29, 0.717) is 94.2 Å². The lowest BCUT2D eigenvalue weighted by atomic mass is 9.95. The maximum absolute atomic E-state index is 16.2. The summed E-state index contributed by atoms with van der Waals surface area (Å²) in [5.74, 6) is 0. The van der Waals surface area contributed by atoms with E-state index in [0.717, 1.165) is 18.2 Å². The Kier molecular flexibility index (Phi) is 13.0. The molecule has 0 radical (unpaired) electrons. The number of halogens is 6. The third-order valence-corrected chi connectivity index (χ3v) is 15.3. The van der Waals surface area contributed by atoms with E-state index in [1.165, 1.54) is 36.4 Å². The van der Waals surface area contributed by atoms with Crippen molar-refractivity contribution < 1.29 is 26.3 Å². The van der Waals surface area contributed by atoms with Gasteiger partial charge in [-0.15, -0.1) is 0 Å². The van der Waals surface area contributed by atoms with Gasteiger partial charge in [0.25, 0.3) is 0 Å². The minimum absolute atomic E-state index is 0.0442. The van der Waals surface area contributed by atoms with Gasteiger partial charge in [0.05, 0.1) is 138 Å². The number of fused-ring (bicyclic) bond motifs is 6. The van der Waals surface area contributed by atoms with Crippen molar-refractivity contribution in [2.75, 3.05) is 0 Å². The normalized spacial score (nSPS) is 11.3. The first-order valence-electron chi connectivity index (χ1n) is 25.9. The molecule has 402 valence electrons. The average molecular weight is 1130 g/mol. The first-order chi connectivity index (χ1) is 41.5. The Hall–Kier alpha value is -12.7. The van der Waals surface area contributed by atoms with Crippen LogP contribution in [-0.4, -0.2) is 9.13 Å². The summed E-state index contributed by atoms with van der Waals surface area (Å²) in [6.07, 6.45) is -10.1. The van der Waals surface area contributed by atoms with Crippen molar-refractivity contribution in [1.29, 1.82) is 42.1 Å². The number of nitrogens with zero attached hydrogens (tertiary/aromatic N) is 10. The second kappa shape index (κ2) is 20.7. The molecule has 0 saturated heterocycles. The molecule has 10 nitrogen and oxygen atoms in total. The zero-order valence-corrected chi connectivity index (χ0v) is 44.1. The second-order valence-corrected chi connectivity index (χ2v) is 20.0. The molecule has 0 bridgehead atoms. The molecular weight excluding hydrogens is 1090 g/mol. The highest BCUT2D eigenvalue weighted by Gasteiger charge is 2.38. The Bertz CT molecular complexity index is 5070. The molecule has 0 aliphatic carbocycles. The molecule has 2 aromatic heterocycles. The number of nitriles is 8. The van der Waals surface area contributed by atoms with Crippen LogP contribution in [0.4, 0.5) is 26.3 Å². The van der Waals surface area contributed by atoms with Gasteiger partial charge in [0, 0.05) is 21.5 Å². The lowest BCUT2D eigenvalue weighted by Crippen LogP contribution is -2.12. The van der Waals surface area contributed by atoms with E-state index < -0.39 is 34.6 Å². The van der Waals surface area contributed by atoms with Crippen molar-refractivity contribution >= 4 is 43.6 Å². The van der Waals surface area contributed by atoms with Crippen LogP contribution in [0, 0.1) is 90.6 Å². The van der Waals surface area contributed by atoms with E-state index in [1.54, 1.807) is 130 Å². The highest BCUT2D eigenvalue weighted by Crippen LogP contribution is 2.48. The van der Waals surface area contributed by atoms with Crippen molar-refractivity contribution in [3.8, 4) is 116 Å². The van der Waals surface area contributed by atoms with Crippen LogP contribution in [0.25, 0.3) is 111 Å². The van der Waals surface area contributed by atoms with Crippen molar-refractivity contribution in [2.24, 2.45) is 0 Å². The number of alkyl halides is 6. The van der Waals surface area contributed by atoms with Crippen molar-refractivity contribution in [3.63, 3.8) is 0 Å². The Morgan fingerprint density at radius 3 is 0.884 bits per heavy atom. The molecule has 16 heteroatoms. The van der Waals surface area contributed by atoms with Gasteiger partial charge >= 0.3 is 12.4 Å². The van der Waals surface area contributed by atoms with Gasteiger partial charge in [-0.3, -0.25) is 0 Å². The molecule has 0 fully saturated rings. The average Bonchev–Trinajstić information content (AvgIpc) is 1.59. The molecule has 12 aromatic rings. The fourth-order valence-corrected chi connectivity index (χ4v) is 11.3. The quantitative estimate of drug-likeness (QED) is 0.140. The van der Waals surface area contributed by atoms with Gasteiger partial charge < -0.3 is 9.13 Å². The van der Waals surface area contributed by atoms with E-state index >= 15 is 13.2 Å². The number of rotatable bonds is 7. The maximum atomic E-state index is 16.2. The van der Waals surface area contributed by atoms with Crippen molar-refractivity contribution in [3.05, 3.63) is 238 Å². The molecule has 0 unspecified atom stereocenters. The minimum atomic E-state index is -5.20. The van der Waals surface area contributed by atoms with Crippen LogP contribution in [0.2, 0.25) is 0 Å². The molecule has 0 N–H and O–H groups in total. The summed E-state index contributed by atoms with van der Waals surface area (Å²) < 4.78 is 95.8. The summed E-state index contributed by atoms with van der Waals surface area (Å²) in [7, 11) is 0. The topological polar surface area (TPSA) is 200 Å². The summed E-state index contributed by atoms with van der Waals surface area (Å²) in [5.41, 5.74) is 3.22. The third kappa shape index (κ3) is 9.05. The molecule has 2 heterocycles. The summed E-state index contributed by atoms with van der Waals surface area (Å²) in [6, 6.07) is 61.5. The van der Waals surface area contributed by atoms with E-state index in [4.69, 9.17) is 0 Å². The van der Waals surface area contributed by atoms with Crippen LogP contribution < -0.4 is 0 Å². The van der Waals surface area contributed by atoms with E-state index in [1.807, 2.05) is 24.3 Å². The molecule has 10 aromatic carbocycles. The van der Waals surface area contributed by atoms with Crippen LogP contribution >= 0.6 is 0 Å². The van der Waals surface area contributed by atoms with Crippen LogP contribution in [0.1, 0.15) is 55.6 Å². The van der Waals surface area contributed by atoms with Gasteiger partial charge in [-0.1, -0.05) is 60.7 Å². The number of hydrogen-bond donors (Lipinski definition) is 0. The van der Waals surface area contributed by atoms with Crippen LogP contribution in [0.15, 0.2) is 182 Å². The predicted molar refractivity (Wildman–Crippen MR) is 310 cm³/mol. The summed E-state index contributed by atoms with van der Waals surface area (Å²) in [5, 5.41) is 82.1. The smallest absolute Gasteiger partial charge is 0.307 e. The number of benzene rings is 10. The molecule has 0 spiro atoms. The summed E-state index contributed by atoms with van der Waals surface area (Å²) in [6.45, 7) is 0. The standard InChI is InChI=1S/C70H30F6N10/c71-69(72,73)52-3-1-2-43(24-52)57-29-67(85-63-16-8-44(53-12-4-39(31-77)20-48(53)35-81)25-58(63)59-26-45(9-17-64(59)85)54-13-5-40(32-78)21-49(54)36-82)68(30-62(57)70(74,75)76)86-65-18-10-46(55-14-6-41(33-79)22-50(55)37-83)27-60(65)61-28-47(11-19-66(61)86)56-15-7-42(34-80)23-51(56)38-84/h1-30H. The second-order valence-electron chi connectivity index (χ2n) is 20.0. The SMILES string of the molecule is N#Cc1ccc(-c2ccc3c(c2)c2cc(-c4ccc(C#N)cc4C#N)ccc2n3-c2cc(-c3cccc(C(F)(F)F)c3)c(C(F)(F)F)cc2-n2c3ccc(-c4ccc(C#N)cc4C#N)cc3c3cc(-c4ccc(C#N)cc4C#N)ccc32)c(C#N)c1. The van der Waals surface area contributed by atoms with Gasteiger partial charge in [-0.25, -0.2) is 0 Å². The molecule has 0 saturated carbocycles. The zero-order chi connectivity index (χ0) is 60.3. The summed E-state index contributed by atoms with van der Waals surface area (Å²) in [4.78, 5) is 0. The number of aromatic nitrogens is 2. The first-order valence-corrected chi connectivity index (χ1v) is 25.9. The monoisotopic (exact) mass is 1120 g/mol. The highest BCUT2D eigenvalue weighted by atomic mass is 19.4. The molecule has 0 atom stereocenters. The van der Waals surface area contributed by atoms with E-state index in [-0.39, 0.29) is 55.9 Å². The minimum Gasteiger partial charge on any atom is -0.307 e. The van der Waals surface area contributed by atoms with Gasteiger partial charge in [0.15, 0.2) is 0 Å². The fourth-order valence-electron chi connectivity index (χ4n) is 11.3. The highest BCUT2D eigenvalue weighted by molar-refractivity contribution is 6.14. The third-order valence-electron chi connectivity index (χ3n) is 15.3. The molecule has 0 amide bonds. The lowest BCUT2D eigenvalue weighted by Gasteiger charge is -2.22. The number of hydrogen-bond acceptors (Lipinski definition) is 8. The lowest BCUT2D eigenvalue weighted by molar-refractivity contribution is -0.137. The maximum Gasteiger partial charge on any atom is 0.417 e. The van der Waals surface area contributed by atoms with Gasteiger partial charge in [0.2, 0.25) is 0 Å². The van der Waals surface area contributed by atoms with Crippen molar-refractivity contribution in [1.82, 2.24) is 9.13 Å². The van der Waals surface area contributed by atoms with Crippen molar-refractivity contribution in [2.45, 2.75) is 12.4 Å². The molecule has 12 rings (SSSR count). The Morgan fingerprint density at radius 2 is 0.593 bits per heavy atom. The molecule has 86 heavy (non-hydrogen) atoms. The molecule has 0 aliphatic heterocycles. The van der Waals surface area contributed by atoms with Gasteiger partial charge in [0.1, 0.15) is 0 Å². The first kappa shape index (κ1) is 53.9. The molecule has 0 aliphatic rings. The largest absolute Gasteiger partial charge is 0.417 e.